The predicted molar refractivity (Wildman–Crippen MR) is 89.9 cm³/mol. The summed E-state index contributed by atoms with van der Waals surface area (Å²) in [5, 5.41) is 0. The monoisotopic (exact) mass is 282 g/mol. The first-order chi connectivity index (χ1) is 10.4. The highest BCUT2D eigenvalue weighted by Gasteiger charge is 1.97. The van der Waals surface area contributed by atoms with Gasteiger partial charge in [-0.3, -0.25) is 0 Å². The second-order valence-corrected chi connectivity index (χ2v) is 5.54. The first kappa shape index (κ1) is 15.6. The maximum absolute atomic E-state index is 5.81. The third-order valence-electron chi connectivity index (χ3n) is 3.74. The Morgan fingerprint density at radius 2 is 1.43 bits per heavy atom. The van der Waals surface area contributed by atoms with Gasteiger partial charge in [0, 0.05) is 6.42 Å². The van der Waals surface area contributed by atoms with Crippen molar-refractivity contribution in [1.29, 1.82) is 0 Å². The molecule has 0 aliphatic rings. The van der Waals surface area contributed by atoms with Gasteiger partial charge in [0.2, 0.25) is 0 Å². The van der Waals surface area contributed by atoms with Crippen molar-refractivity contribution in [3.8, 4) is 5.75 Å². The molecule has 21 heavy (non-hydrogen) atoms. The van der Waals surface area contributed by atoms with Crippen LogP contribution in [-0.2, 0) is 12.8 Å². The summed E-state index contributed by atoms with van der Waals surface area (Å²) in [4.78, 5) is 0. The van der Waals surface area contributed by atoms with Gasteiger partial charge in [-0.2, -0.15) is 0 Å². The predicted octanol–water partition coefficient (Wildman–Crippen LogP) is 5.43. The Labute approximate surface area is 129 Å². The van der Waals surface area contributed by atoms with Crippen LogP contribution in [0.5, 0.6) is 5.75 Å². The lowest BCUT2D eigenvalue weighted by molar-refractivity contribution is 0.322. The molecule has 0 heterocycles. The van der Waals surface area contributed by atoms with Crippen LogP contribution in [0.4, 0.5) is 0 Å². The highest BCUT2D eigenvalue weighted by Crippen LogP contribution is 2.15. The van der Waals surface area contributed by atoms with E-state index in [9.17, 15) is 0 Å². The molecule has 112 valence electrons. The van der Waals surface area contributed by atoms with Gasteiger partial charge in [0.1, 0.15) is 5.75 Å². The smallest absolute Gasteiger partial charge is 0.119 e. The first-order valence-electron chi connectivity index (χ1n) is 8.14. The second-order valence-electron chi connectivity index (χ2n) is 5.54. The maximum Gasteiger partial charge on any atom is 0.119 e. The van der Waals surface area contributed by atoms with Gasteiger partial charge in [-0.25, -0.2) is 0 Å². The fourth-order valence-electron chi connectivity index (χ4n) is 2.44. The van der Waals surface area contributed by atoms with Crippen LogP contribution in [0, 0.1) is 0 Å². The molecule has 0 bridgehead atoms. The molecular weight excluding hydrogens is 256 g/mol. The van der Waals surface area contributed by atoms with Gasteiger partial charge in [-0.1, -0.05) is 68.7 Å². The Kier molecular flexibility index (Phi) is 6.87. The lowest BCUT2D eigenvalue weighted by Crippen LogP contribution is -2.01. The minimum atomic E-state index is 0.736. The highest BCUT2D eigenvalue weighted by molar-refractivity contribution is 5.27. The summed E-state index contributed by atoms with van der Waals surface area (Å²) in [7, 11) is 0. The molecule has 0 aliphatic carbocycles. The van der Waals surface area contributed by atoms with Crippen LogP contribution in [0.1, 0.15) is 43.7 Å². The molecule has 0 aromatic heterocycles. The summed E-state index contributed by atoms with van der Waals surface area (Å²) in [6.45, 7) is 2.99. The van der Waals surface area contributed by atoms with Crippen molar-refractivity contribution < 1.29 is 4.74 Å². The average molecular weight is 282 g/mol. The molecule has 0 spiro atoms. The number of aryl methyl sites for hydroxylation is 1. The molecule has 2 rings (SSSR count). The number of benzene rings is 2. The molecule has 2 aromatic carbocycles. The molecule has 0 amide bonds. The van der Waals surface area contributed by atoms with Crippen LogP contribution in [0.15, 0.2) is 54.6 Å². The third-order valence-corrected chi connectivity index (χ3v) is 3.74. The topological polar surface area (TPSA) is 9.23 Å². The van der Waals surface area contributed by atoms with Crippen LogP contribution in [-0.4, -0.2) is 6.61 Å². The zero-order valence-corrected chi connectivity index (χ0v) is 13.1. The third kappa shape index (κ3) is 6.03. The van der Waals surface area contributed by atoms with Gasteiger partial charge in [-0.05, 0) is 36.1 Å². The number of rotatable bonds is 9. The fraction of sp³-hybridized carbons (Fsp3) is 0.400. The maximum atomic E-state index is 5.81. The number of hydrogen-bond acceptors (Lipinski definition) is 1. The Morgan fingerprint density at radius 1 is 0.714 bits per heavy atom. The van der Waals surface area contributed by atoms with Crippen LogP contribution >= 0.6 is 0 Å². The van der Waals surface area contributed by atoms with E-state index in [1.807, 2.05) is 6.07 Å². The molecule has 1 heteroatoms. The molecule has 0 saturated carbocycles. The number of unbranched alkanes of at least 4 members (excludes halogenated alkanes) is 3. The van der Waals surface area contributed by atoms with E-state index in [2.05, 4.69) is 55.5 Å². The zero-order chi connectivity index (χ0) is 14.8. The summed E-state index contributed by atoms with van der Waals surface area (Å²) in [5.41, 5.74) is 2.74. The molecule has 0 radical (unpaired) electrons. The summed E-state index contributed by atoms with van der Waals surface area (Å²) in [6.07, 6.45) is 7.42. The van der Waals surface area contributed by atoms with E-state index in [1.54, 1.807) is 0 Å². The lowest BCUT2D eigenvalue weighted by Gasteiger charge is -2.07. The molecule has 0 unspecified atom stereocenters. The highest BCUT2D eigenvalue weighted by atomic mass is 16.5. The van der Waals surface area contributed by atoms with Crippen molar-refractivity contribution in [3.63, 3.8) is 0 Å². The van der Waals surface area contributed by atoms with Gasteiger partial charge in [-0.15, -0.1) is 0 Å². The van der Waals surface area contributed by atoms with E-state index in [0.717, 1.165) is 18.8 Å². The molecule has 0 aliphatic heterocycles. The largest absolute Gasteiger partial charge is 0.493 e. The normalized spacial score (nSPS) is 10.5. The number of ether oxygens (including phenoxy) is 1. The average Bonchev–Trinajstić information content (AvgIpc) is 2.54. The SMILES string of the molecule is CCCCCCc1ccc(OCCc2ccccc2)cc1. The van der Waals surface area contributed by atoms with E-state index in [-0.39, 0.29) is 0 Å². The second kappa shape index (κ2) is 9.23. The summed E-state index contributed by atoms with van der Waals surface area (Å²) in [6, 6.07) is 19.1. The zero-order valence-electron chi connectivity index (χ0n) is 13.1. The standard InChI is InChI=1S/C20H26O/c1-2-3-4-6-11-19-12-14-20(15-13-19)21-17-16-18-9-7-5-8-10-18/h5,7-10,12-15H,2-4,6,11,16-17H2,1H3. The Morgan fingerprint density at radius 3 is 2.14 bits per heavy atom. The van der Waals surface area contributed by atoms with Gasteiger partial charge in [0.25, 0.3) is 0 Å². The molecule has 0 fully saturated rings. The summed E-state index contributed by atoms with van der Waals surface area (Å²) >= 11 is 0. The van der Waals surface area contributed by atoms with Crippen molar-refractivity contribution in [2.24, 2.45) is 0 Å². The van der Waals surface area contributed by atoms with Crippen molar-refractivity contribution in [2.75, 3.05) is 6.61 Å². The molecule has 0 N–H and O–H groups in total. The lowest BCUT2D eigenvalue weighted by atomic mass is 10.1. The Hall–Kier alpha value is -1.76. The molecular formula is C20H26O. The van der Waals surface area contributed by atoms with E-state index >= 15 is 0 Å². The van der Waals surface area contributed by atoms with Crippen molar-refractivity contribution in [2.45, 2.75) is 45.4 Å². The van der Waals surface area contributed by atoms with Gasteiger partial charge in [0.15, 0.2) is 0 Å². The van der Waals surface area contributed by atoms with E-state index in [0.29, 0.717) is 0 Å². The van der Waals surface area contributed by atoms with E-state index < -0.39 is 0 Å². The Balaban J connectivity index is 1.69. The molecule has 1 nitrogen and oxygen atoms in total. The van der Waals surface area contributed by atoms with Crippen molar-refractivity contribution >= 4 is 0 Å². The van der Waals surface area contributed by atoms with Crippen LogP contribution in [0.25, 0.3) is 0 Å². The fourth-order valence-corrected chi connectivity index (χ4v) is 2.44. The quantitative estimate of drug-likeness (QED) is 0.557. The van der Waals surface area contributed by atoms with Crippen LogP contribution < -0.4 is 4.74 Å². The minimum Gasteiger partial charge on any atom is -0.493 e. The van der Waals surface area contributed by atoms with E-state index in [1.165, 1.54) is 43.2 Å². The molecule has 0 atom stereocenters. The van der Waals surface area contributed by atoms with E-state index in [4.69, 9.17) is 4.74 Å². The molecule has 0 saturated heterocycles. The van der Waals surface area contributed by atoms with Crippen LogP contribution in [0.3, 0.4) is 0 Å². The van der Waals surface area contributed by atoms with Crippen LogP contribution in [0.2, 0.25) is 0 Å². The van der Waals surface area contributed by atoms with Gasteiger partial charge >= 0.3 is 0 Å². The summed E-state index contributed by atoms with van der Waals surface area (Å²) < 4.78 is 5.81. The first-order valence-corrected chi connectivity index (χ1v) is 8.14. The number of hydrogen-bond donors (Lipinski definition) is 0. The Bertz CT molecular complexity index is 487. The van der Waals surface area contributed by atoms with Gasteiger partial charge in [0.05, 0.1) is 6.61 Å². The summed E-state index contributed by atoms with van der Waals surface area (Å²) in [5.74, 6) is 0.975. The van der Waals surface area contributed by atoms with Crippen molar-refractivity contribution in [3.05, 3.63) is 65.7 Å². The minimum absolute atomic E-state index is 0.736. The van der Waals surface area contributed by atoms with Crippen molar-refractivity contribution in [1.82, 2.24) is 0 Å². The molecule has 2 aromatic rings. The van der Waals surface area contributed by atoms with Gasteiger partial charge < -0.3 is 4.74 Å².